The van der Waals surface area contributed by atoms with E-state index in [2.05, 4.69) is 25.6 Å². The number of amides is 4. The standard InChI is InChI=1S/C42H51ClN8O8/c1-25-28(10-9-11-30(25)48-37(54)31-14-12-26(20-45-31)22-50(18-19-52)39(55)58-41(2,3)4)36-35(43)29(16-17-44-36)32-21-46-33(38(49-32)57-8)24-51(40(56)59-42(5,6)7)23-27-13-15-34(53)47-27/h9-12,14,16-17,20-21,27,52H,13,15,18-19,22-24H2,1-8H3,(H,47,53)(H,48,54)/t27-/m0/s1. The van der Waals surface area contributed by atoms with Gasteiger partial charge in [0.05, 0.1) is 49.4 Å². The fourth-order valence-corrected chi connectivity index (χ4v) is 6.50. The number of benzene rings is 1. The summed E-state index contributed by atoms with van der Waals surface area (Å²) in [6.07, 6.45) is 4.49. The molecule has 1 aliphatic rings. The van der Waals surface area contributed by atoms with Gasteiger partial charge < -0.3 is 39.8 Å². The summed E-state index contributed by atoms with van der Waals surface area (Å²) in [6.45, 7) is 12.7. The van der Waals surface area contributed by atoms with Crippen LogP contribution in [0.4, 0.5) is 15.3 Å². The molecule has 1 aliphatic heterocycles. The lowest BCUT2D eigenvalue weighted by molar-refractivity contribution is -0.119. The molecule has 3 aromatic heterocycles. The van der Waals surface area contributed by atoms with Crippen LogP contribution in [0.1, 0.15) is 81.7 Å². The van der Waals surface area contributed by atoms with Crippen LogP contribution < -0.4 is 15.4 Å². The normalized spacial score (nSPS) is 14.0. The molecule has 314 valence electrons. The van der Waals surface area contributed by atoms with E-state index in [-0.39, 0.29) is 61.3 Å². The van der Waals surface area contributed by atoms with Crippen molar-refractivity contribution in [1.82, 2.24) is 35.1 Å². The fraction of sp³-hybridized carbons (Fsp3) is 0.429. The first-order valence-electron chi connectivity index (χ1n) is 19.1. The fourth-order valence-electron chi connectivity index (χ4n) is 6.19. The zero-order valence-electron chi connectivity index (χ0n) is 34.6. The van der Waals surface area contributed by atoms with Crippen LogP contribution in [0.5, 0.6) is 5.88 Å². The smallest absolute Gasteiger partial charge is 0.410 e. The number of rotatable bonds is 13. The van der Waals surface area contributed by atoms with Gasteiger partial charge in [-0.1, -0.05) is 29.8 Å². The van der Waals surface area contributed by atoms with Gasteiger partial charge in [-0.2, -0.15) is 0 Å². The maximum Gasteiger partial charge on any atom is 0.410 e. The van der Waals surface area contributed by atoms with Gasteiger partial charge >= 0.3 is 12.2 Å². The Labute approximate surface area is 348 Å². The molecule has 16 nitrogen and oxygen atoms in total. The van der Waals surface area contributed by atoms with Crippen LogP contribution in [0.15, 0.2) is 55.0 Å². The lowest BCUT2D eigenvalue weighted by Gasteiger charge is -2.29. The highest BCUT2D eigenvalue weighted by Crippen LogP contribution is 2.38. The lowest BCUT2D eigenvalue weighted by atomic mass is 10.0. The Balaban J connectivity index is 1.34. The molecule has 59 heavy (non-hydrogen) atoms. The van der Waals surface area contributed by atoms with E-state index in [1.165, 1.54) is 29.3 Å². The summed E-state index contributed by atoms with van der Waals surface area (Å²) in [5, 5.41) is 15.6. The SMILES string of the molecule is COc1nc(-c2ccnc(-c3cccc(NC(=O)c4ccc(CN(CCO)C(=O)OC(C)(C)C)cn4)c3C)c2Cl)cnc1CN(C[C@@H]1CCC(=O)N1)C(=O)OC(C)(C)C. The summed E-state index contributed by atoms with van der Waals surface area (Å²) in [7, 11) is 1.46. The second kappa shape index (κ2) is 18.8. The number of carbonyl (C=O) groups is 4. The first-order chi connectivity index (χ1) is 27.8. The Bertz CT molecular complexity index is 2170. The molecule has 0 radical (unpaired) electrons. The molecule has 4 amide bonds. The summed E-state index contributed by atoms with van der Waals surface area (Å²) in [5.74, 6) is -0.346. The Morgan fingerprint density at radius 1 is 0.932 bits per heavy atom. The summed E-state index contributed by atoms with van der Waals surface area (Å²) < 4.78 is 16.8. The second-order valence-electron chi connectivity index (χ2n) is 16.0. The molecule has 1 aromatic carbocycles. The minimum atomic E-state index is -0.742. The molecule has 5 rings (SSSR count). The van der Waals surface area contributed by atoms with Crippen molar-refractivity contribution in [2.24, 2.45) is 0 Å². The maximum atomic E-state index is 13.4. The van der Waals surface area contributed by atoms with Crippen molar-refractivity contribution in [2.45, 2.75) is 91.6 Å². The van der Waals surface area contributed by atoms with Crippen molar-refractivity contribution in [2.75, 3.05) is 32.1 Å². The van der Waals surface area contributed by atoms with Crippen LogP contribution in [-0.2, 0) is 27.4 Å². The number of aliphatic hydroxyl groups excluding tert-OH is 1. The van der Waals surface area contributed by atoms with E-state index in [4.69, 9.17) is 30.8 Å². The molecular weight excluding hydrogens is 780 g/mol. The summed E-state index contributed by atoms with van der Waals surface area (Å²) in [6, 6.07) is 10.1. The number of anilines is 1. The first-order valence-corrected chi connectivity index (χ1v) is 19.5. The molecule has 1 saturated heterocycles. The van der Waals surface area contributed by atoms with Crippen molar-refractivity contribution in [3.63, 3.8) is 0 Å². The van der Waals surface area contributed by atoms with E-state index in [0.717, 1.165) is 0 Å². The molecule has 0 bridgehead atoms. The van der Waals surface area contributed by atoms with Crippen molar-refractivity contribution in [3.8, 4) is 28.4 Å². The second-order valence-corrected chi connectivity index (χ2v) is 16.4. The summed E-state index contributed by atoms with van der Waals surface area (Å²) >= 11 is 7.04. The van der Waals surface area contributed by atoms with Crippen LogP contribution in [0, 0.1) is 6.92 Å². The number of hydrogen-bond acceptors (Lipinski definition) is 12. The number of carbonyl (C=O) groups excluding carboxylic acids is 4. The van der Waals surface area contributed by atoms with Gasteiger partial charge in [-0.25, -0.2) is 14.6 Å². The van der Waals surface area contributed by atoms with Gasteiger partial charge in [0.25, 0.3) is 5.91 Å². The molecule has 3 N–H and O–H groups in total. The molecule has 1 atom stereocenters. The van der Waals surface area contributed by atoms with Gasteiger partial charge in [-0.15, -0.1) is 0 Å². The van der Waals surface area contributed by atoms with Crippen molar-refractivity contribution < 1.29 is 38.5 Å². The summed E-state index contributed by atoms with van der Waals surface area (Å²) in [4.78, 5) is 72.2. The van der Waals surface area contributed by atoms with Gasteiger partial charge in [-0.3, -0.25) is 24.5 Å². The molecule has 1 fully saturated rings. The predicted octanol–water partition coefficient (Wildman–Crippen LogP) is 6.57. The van der Waals surface area contributed by atoms with Gasteiger partial charge in [0.2, 0.25) is 11.8 Å². The highest BCUT2D eigenvalue weighted by Gasteiger charge is 2.30. The van der Waals surface area contributed by atoms with E-state index in [1.54, 1.807) is 78.1 Å². The van der Waals surface area contributed by atoms with Crippen LogP contribution in [0.3, 0.4) is 0 Å². The Hall–Kier alpha value is -5.87. The minimum absolute atomic E-state index is 0.0156. The third kappa shape index (κ3) is 11.9. The van der Waals surface area contributed by atoms with Gasteiger partial charge in [0.15, 0.2) is 0 Å². The highest BCUT2D eigenvalue weighted by atomic mass is 35.5. The lowest BCUT2D eigenvalue weighted by Crippen LogP contribution is -2.44. The van der Waals surface area contributed by atoms with Gasteiger partial charge in [0, 0.05) is 54.8 Å². The van der Waals surface area contributed by atoms with E-state index in [0.29, 0.717) is 57.9 Å². The van der Waals surface area contributed by atoms with Gasteiger partial charge in [-0.05, 0) is 84.2 Å². The third-order valence-corrected chi connectivity index (χ3v) is 9.36. The average Bonchev–Trinajstić information content (AvgIpc) is 3.58. The van der Waals surface area contributed by atoms with Crippen LogP contribution in [-0.4, -0.2) is 103 Å². The van der Waals surface area contributed by atoms with Crippen LogP contribution in [0.25, 0.3) is 22.5 Å². The Kier molecular flexibility index (Phi) is 14.1. The van der Waals surface area contributed by atoms with E-state index >= 15 is 0 Å². The number of nitrogens with one attached hydrogen (secondary N) is 2. The summed E-state index contributed by atoms with van der Waals surface area (Å²) in [5.41, 5.74) is 2.96. The molecule has 17 heteroatoms. The van der Waals surface area contributed by atoms with Crippen molar-refractivity contribution >= 4 is 41.3 Å². The van der Waals surface area contributed by atoms with Crippen LogP contribution in [0.2, 0.25) is 5.02 Å². The number of nitrogens with zero attached hydrogens (tertiary/aromatic N) is 6. The van der Waals surface area contributed by atoms with E-state index in [9.17, 15) is 24.3 Å². The number of halogens is 1. The molecule has 0 unspecified atom stereocenters. The van der Waals surface area contributed by atoms with Gasteiger partial charge in [0.1, 0.15) is 22.6 Å². The molecule has 4 heterocycles. The Morgan fingerprint density at radius 2 is 1.64 bits per heavy atom. The topological polar surface area (TPSA) is 198 Å². The zero-order valence-corrected chi connectivity index (χ0v) is 35.3. The quantitative estimate of drug-likeness (QED) is 0.131. The monoisotopic (exact) mass is 830 g/mol. The van der Waals surface area contributed by atoms with E-state index < -0.39 is 29.3 Å². The molecule has 0 saturated carbocycles. The number of aromatic nitrogens is 4. The number of methoxy groups -OCH3 is 1. The number of pyridine rings is 2. The van der Waals surface area contributed by atoms with Crippen molar-refractivity contribution in [1.29, 1.82) is 0 Å². The minimum Gasteiger partial charge on any atom is -0.480 e. The average molecular weight is 831 g/mol. The molecule has 0 spiro atoms. The number of ether oxygens (including phenoxy) is 3. The predicted molar refractivity (Wildman–Crippen MR) is 221 cm³/mol. The maximum absolute atomic E-state index is 13.4. The highest BCUT2D eigenvalue weighted by molar-refractivity contribution is 6.35. The molecule has 4 aromatic rings. The molecule has 0 aliphatic carbocycles. The third-order valence-electron chi connectivity index (χ3n) is 8.98. The Morgan fingerprint density at radius 3 is 2.25 bits per heavy atom. The zero-order chi connectivity index (χ0) is 43.1. The number of aliphatic hydroxyl groups is 1. The molecular formula is C42H51ClN8O8. The van der Waals surface area contributed by atoms with E-state index in [1.807, 2.05) is 13.0 Å². The van der Waals surface area contributed by atoms with Crippen LogP contribution >= 0.6 is 11.6 Å². The van der Waals surface area contributed by atoms with Crippen molar-refractivity contribution in [3.05, 3.63) is 82.5 Å². The number of hydrogen-bond donors (Lipinski definition) is 3. The first kappa shape index (κ1) is 44.2. The largest absolute Gasteiger partial charge is 0.480 e.